The average molecular weight is 1660 g/mol. The third-order valence-corrected chi connectivity index (χ3v) is 30.5. The van der Waals surface area contributed by atoms with Crippen LogP contribution in [0.4, 0.5) is 0 Å². The van der Waals surface area contributed by atoms with Gasteiger partial charge in [0.25, 0.3) is 5.91 Å². The third kappa shape index (κ3) is 19.6. The number of esters is 2. The fraction of sp³-hybridized carbons (Fsp3) is 0.714. The Kier molecular flexibility index (Phi) is 26.9. The summed E-state index contributed by atoms with van der Waals surface area (Å²) in [5, 5.41) is 10.2. The lowest BCUT2D eigenvalue weighted by Crippen LogP contribution is -2.50. The highest BCUT2D eigenvalue weighted by Crippen LogP contribution is 2.59. The molecule has 4 aliphatic heterocycles. The van der Waals surface area contributed by atoms with Crippen molar-refractivity contribution in [1.82, 2.24) is 39.2 Å². The van der Waals surface area contributed by atoms with Crippen LogP contribution in [-0.4, -0.2) is 178 Å². The van der Waals surface area contributed by atoms with Crippen LogP contribution in [0.25, 0.3) is 22.1 Å². The fourth-order valence-electron chi connectivity index (χ4n) is 17.1. The minimum absolute atomic E-state index is 0. The van der Waals surface area contributed by atoms with Crippen LogP contribution in [0.2, 0.25) is 0 Å². The molecule has 31 heteroatoms. The van der Waals surface area contributed by atoms with Gasteiger partial charge >= 0.3 is 17.9 Å². The molecule has 2 aromatic heterocycles. The van der Waals surface area contributed by atoms with Crippen LogP contribution in [0.3, 0.4) is 0 Å². The van der Waals surface area contributed by atoms with Crippen molar-refractivity contribution in [2.24, 2.45) is 69.3 Å². The highest BCUT2D eigenvalue weighted by molar-refractivity contribution is 7.92. The number of carboxylic acids is 1. The number of nitrogens with two attached hydrogens (primary N) is 1. The van der Waals surface area contributed by atoms with E-state index in [9.17, 15) is 60.3 Å². The Morgan fingerprint density at radius 1 is 0.583 bits per heavy atom. The smallest absolute Gasteiger partial charge is 0.326 e. The van der Waals surface area contributed by atoms with E-state index < -0.39 is 129 Å². The minimum atomic E-state index is -3.93. The molecule has 5 N–H and O–H groups in total. The molecule has 6 aliphatic carbocycles. The molecule has 8 fully saturated rings. The van der Waals surface area contributed by atoms with Crippen LogP contribution < -0.4 is 34.1 Å². The van der Waals surface area contributed by atoms with Gasteiger partial charge in [0, 0.05) is 30.4 Å². The second kappa shape index (κ2) is 34.4. The molecule has 4 aromatic rings. The molecule has 4 amide bonds. The standard InChI is InChI=1S/C42H58N4O9S.C31H41N3O7.C10H18N2O3S.CH4.ClH/c1-8-26-21-42(26,39(50)45-56(51,52)41(6)16-17-41)22-32(47)36-24(2)34-23-46(36)38(49)28(40(3,4)5)20-35(48)54-33-18-25(33)12-10-9-11-13-30-37(55-34)44-31-19-27(53-7)14-15-29(31)43-30;1-17-25-16-34(27(17)30(37)38)29(36)20(31(2,3)4)15-26(35)40-24-13-18(24)9-7-6-8-10-22-28(41-25)33-23-14-19(39-5)11-12-21(23)32-22;1-3-7-6-10(7,11)8(13)12-16(14,15)9(2)4-5-9;;/h14-15,19,24-26,28,33-34,36H,8-13,16-18,20-23H2,1-7H3,(H,45,50);11-12,14,17-18,20,24-25,27H,6-10,13,15-16H2,1-5H3,(H,37,38);7H,3-6,11H2,1-2H3,(H,12,13);1H4;1H/t24-,25-,26-,28-,33-,34+,36+,42-;17-,18-,20-,24-,25+,27+;7-,10-;;/m111../s1. The highest BCUT2D eigenvalue weighted by atomic mass is 35.5. The topological polar surface area (TPSA) is 389 Å². The molecule has 115 heavy (non-hydrogen) atoms. The predicted molar refractivity (Wildman–Crippen MR) is 433 cm³/mol. The van der Waals surface area contributed by atoms with Crippen molar-refractivity contribution < 1.29 is 88.7 Å². The molecule has 0 spiro atoms. The second-order valence-electron chi connectivity index (χ2n) is 36.6. The number of methoxy groups -OCH3 is 2. The van der Waals surface area contributed by atoms with Crippen molar-refractivity contribution in [2.45, 2.75) is 290 Å². The molecule has 636 valence electrons. The summed E-state index contributed by atoms with van der Waals surface area (Å²) in [6.45, 7) is 22.3. The van der Waals surface area contributed by atoms with Gasteiger partial charge in [0.2, 0.25) is 49.5 Å². The molecule has 28 nitrogen and oxygen atoms in total. The number of ether oxygens (including phenoxy) is 6. The first-order valence-corrected chi connectivity index (χ1v) is 43.8. The lowest BCUT2D eigenvalue weighted by atomic mass is 9.77. The third-order valence-electron chi connectivity index (χ3n) is 26.2. The Morgan fingerprint density at radius 3 is 1.38 bits per heavy atom. The summed E-state index contributed by atoms with van der Waals surface area (Å²) < 4.78 is 88.4. The Morgan fingerprint density at radius 2 is 1.00 bits per heavy atom. The summed E-state index contributed by atoms with van der Waals surface area (Å²) in [6, 6.07) is 8.91. The maximum Gasteiger partial charge on any atom is 0.326 e. The number of aliphatic carboxylic acids is 1. The number of hydrogen-bond donors (Lipinski definition) is 4. The largest absolute Gasteiger partial charge is 0.497 e. The van der Waals surface area contributed by atoms with E-state index in [-0.39, 0.29) is 93.8 Å². The van der Waals surface area contributed by atoms with Gasteiger partial charge in [-0.3, -0.25) is 43.0 Å². The number of nitrogens with zero attached hydrogens (tertiary/aromatic N) is 6. The zero-order valence-corrected chi connectivity index (χ0v) is 71.0. The van der Waals surface area contributed by atoms with Gasteiger partial charge in [-0.2, -0.15) is 0 Å². The number of carbonyl (C=O) groups is 8. The first-order chi connectivity index (χ1) is 53.1. The number of benzene rings is 2. The number of nitrogens with one attached hydrogen (secondary N) is 2. The van der Waals surface area contributed by atoms with Gasteiger partial charge in [0.15, 0.2) is 5.78 Å². The summed E-state index contributed by atoms with van der Waals surface area (Å²) in [4.78, 5) is 131. The van der Waals surface area contributed by atoms with Crippen LogP contribution in [-0.2, 0) is 80.7 Å². The summed E-state index contributed by atoms with van der Waals surface area (Å²) in [5.41, 5.74) is 6.49. The van der Waals surface area contributed by atoms with Gasteiger partial charge in [-0.15, -0.1) is 12.4 Å². The Bertz CT molecular complexity index is 4590. The molecule has 6 heterocycles. The molecular formula is C84H122ClN9O19S2. The van der Waals surface area contributed by atoms with Crippen molar-refractivity contribution in [3.05, 3.63) is 47.8 Å². The molecule has 0 unspecified atom stereocenters. The second-order valence-corrected chi connectivity index (χ2v) is 41.0. The number of aryl methyl sites for hydroxylation is 2. The van der Waals surface area contributed by atoms with Crippen LogP contribution in [0.1, 0.15) is 237 Å². The van der Waals surface area contributed by atoms with Crippen molar-refractivity contribution in [2.75, 3.05) is 27.3 Å². The van der Waals surface area contributed by atoms with Crippen LogP contribution >= 0.6 is 12.4 Å². The zero-order chi connectivity index (χ0) is 82.0. The number of ketones is 1. The van der Waals surface area contributed by atoms with Crippen LogP contribution in [0.15, 0.2) is 36.4 Å². The summed E-state index contributed by atoms with van der Waals surface area (Å²) >= 11 is 0. The van der Waals surface area contributed by atoms with Crippen molar-refractivity contribution in [3.63, 3.8) is 0 Å². The number of Topliss-reactive ketones (excluding diaryl/α,β-unsaturated/α-hetero) is 1. The molecule has 2 saturated heterocycles. The summed E-state index contributed by atoms with van der Waals surface area (Å²) in [7, 11) is -4.29. The van der Waals surface area contributed by atoms with Gasteiger partial charge in [-0.25, -0.2) is 41.6 Å². The van der Waals surface area contributed by atoms with E-state index in [1.165, 1.54) is 9.80 Å². The zero-order valence-electron chi connectivity index (χ0n) is 68.5. The SMILES string of the molecule is C.CC[C@@H]1C[C@]1(CC(=O)[C@@H]1[C@H](C)[C@@H]2CN1C(=O)[C@H](C(C)(C)C)CC(=O)O[C@@H]1C[C@H]1CCCCCc1nc3ccc(OC)cc3nc1O2)C(=O)NS(=O)(=O)C1(C)CC1.CC[C@@H]1C[C@]1(N)C(=O)NS(=O)(=O)C1(C)CC1.COc1ccc2nc3c(nc2c1)O[C@H]1CN(C(=O)[C@H](C(C)(C)C)CC(=O)O[C@@H]2C[C@H]2CCCCC3)[C@H](C(=O)O)[C@@H]1C.Cl. The van der Waals surface area contributed by atoms with Crippen molar-refractivity contribution >= 4 is 102 Å². The maximum atomic E-state index is 14.9. The molecule has 2 aromatic carbocycles. The van der Waals surface area contributed by atoms with E-state index in [0.717, 1.165) is 81.8 Å². The lowest BCUT2D eigenvalue weighted by molar-refractivity contribution is -0.157. The lowest BCUT2D eigenvalue weighted by Gasteiger charge is -2.35. The molecule has 10 aliphatic rings. The Labute approximate surface area is 683 Å². The maximum absolute atomic E-state index is 14.9. The van der Waals surface area contributed by atoms with Crippen LogP contribution in [0.5, 0.6) is 23.3 Å². The van der Waals surface area contributed by atoms with Crippen molar-refractivity contribution in [1.29, 1.82) is 0 Å². The number of hydrogen-bond acceptors (Lipinski definition) is 23. The number of halogens is 1. The normalized spacial score (nSPS) is 30.9. The number of aromatic nitrogens is 4. The first kappa shape index (κ1) is 89.8. The number of carboxylic acid groups (broad SMARTS) is 1. The number of fused-ring (bicyclic) bond motifs is 10. The number of amides is 4. The van der Waals surface area contributed by atoms with Gasteiger partial charge in [-0.1, -0.05) is 115 Å². The number of carbonyl (C=O) groups excluding carboxylic acids is 7. The molecule has 16 atom stereocenters. The minimum Gasteiger partial charge on any atom is -0.497 e. The van der Waals surface area contributed by atoms with Crippen LogP contribution in [0, 0.1) is 63.6 Å². The summed E-state index contributed by atoms with van der Waals surface area (Å²) in [6.07, 6.45) is 13.1. The number of sulfonamides is 2. The molecule has 14 rings (SSSR count). The van der Waals surface area contributed by atoms with Gasteiger partial charge in [0.1, 0.15) is 53.3 Å². The van der Waals surface area contributed by atoms with E-state index in [1.807, 2.05) is 86.6 Å². The van der Waals surface area contributed by atoms with Crippen molar-refractivity contribution in [3.8, 4) is 23.3 Å². The Balaban J connectivity index is 0.000000206. The van der Waals surface area contributed by atoms with E-state index in [2.05, 4.69) is 9.44 Å². The average Bonchev–Trinajstić information content (AvgIpc) is 1.59. The summed E-state index contributed by atoms with van der Waals surface area (Å²) in [5.74, 6) is -4.22. The first-order valence-electron chi connectivity index (χ1n) is 40.8. The van der Waals surface area contributed by atoms with E-state index >= 15 is 0 Å². The van der Waals surface area contributed by atoms with Gasteiger partial charge < -0.3 is 49.1 Å². The van der Waals surface area contributed by atoms with E-state index in [1.54, 1.807) is 47.1 Å². The number of rotatable bonds is 14. The molecule has 4 bridgehead atoms. The highest BCUT2D eigenvalue weighted by Gasteiger charge is 2.64. The van der Waals surface area contributed by atoms with Gasteiger partial charge in [0.05, 0.1) is 101 Å². The monoisotopic (exact) mass is 1660 g/mol. The van der Waals surface area contributed by atoms with Gasteiger partial charge in [-0.05, 0) is 163 Å². The fourth-order valence-corrected chi connectivity index (χ4v) is 19.7. The molecule has 6 saturated carbocycles. The van der Waals surface area contributed by atoms with E-state index in [0.29, 0.717) is 115 Å². The van der Waals surface area contributed by atoms with E-state index in [4.69, 9.17) is 54.1 Å². The Hall–Kier alpha value is -7.57. The predicted octanol–water partition coefficient (Wildman–Crippen LogP) is 11.3. The quantitative estimate of drug-likeness (QED) is 0.0852. The molecule has 0 radical (unpaired) electrons. The molecular weight excluding hydrogens is 1540 g/mol.